The van der Waals surface area contributed by atoms with E-state index in [0.29, 0.717) is 23.4 Å². The lowest BCUT2D eigenvalue weighted by Gasteiger charge is -2.36. The molecular formula is C28H29N3O6. The maximum absolute atomic E-state index is 12.7. The predicted octanol–water partition coefficient (Wildman–Crippen LogP) is 3.24. The molecule has 0 unspecified atom stereocenters. The highest BCUT2D eigenvalue weighted by Gasteiger charge is 2.27. The summed E-state index contributed by atoms with van der Waals surface area (Å²) in [5.41, 5.74) is 1.62. The van der Waals surface area contributed by atoms with Gasteiger partial charge in [0.1, 0.15) is 11.5 Å². The number of anilines is 1. The molecule has 1 aliphatic rings. The molecule has 1 N–H and O–H groups in total. The van der Waals surface area contributed by atoms with Crippen LogP contribution in [-0.2, 0) is 16.1 Å². The van der Waals surface area contributed by atoms with Crippen molar-refractivity contribution in [2.24, 2.45) is 0 Å². The number of carbonyl (C=O) groups is 1. The van der Waals surface area contributed by atoms with Gasteiger partial charge in [0, 0.05) is 37.9 Å². The van der Waals surface area contributed by atoms with Crippen molar-refractivity contribution in [3.05, 3.63) is 87.5 Å². The van der Waals surface area contributed by atoms with Gasteiger partial charge < -0.3 is 23.9 Å². The van der Waals surface area contributed by atoms with E-state index in [2.05, 4.69) is 9.80 Å². The van der Waals surface area contributed by atoms with Crippen molar-refractivity contribution in [3.8, 4) is 17.6 Å². The molecule has 9 nitrogen and oxygen atoms in total. The van der Waals surface area contributed by atoms with Gasteiger partial charge in [-0.25, -0.2) is 0 Å². The quantitative estimate of drug-likeness (QED) is 0.462. The van der Waals surface area contributed by atoms with Crippen LogP contribution in [0.2, 0.25) is 0 Å². The maximum Gasteiger partial charge on any atom is 0.306 e. The van der Waals surface area contributed by atoms with Crippen molar-refractivity contribution in [3.63, 3.8) is 0 Å². The molecule has 1 saturated heterocycles. The highest BCUT2D eigenvalue weighted by atomic mass is 16.5. The van der Waals surface area contributed by atoms with Gasteiger partial charge in [-0.05, 0) is 42.0 Å². The van der Waals surface area contributed by atoms with E-state index in [9.17, 15) is 14.7 Å². The number of ether oxygens (including phenoxy) is 2. The van der Waals surface area contributed by atoms with Crippen molar-refractivity contribution in [1.29, 1.82) is 5.26 Å². The second kappa shape index (κ2) is 11.6. The maximum atomic E-state index is 12.7. The van der Waals surface area contributed by atoms with Crippen LogP contribution in [0.5, 0.6) is 11.5 Å². The Morgan fingerprint density at radius 3 is 2.35 bits per heavy atom. The number of esters is 1. The zero-order valence-electron chi connectivity index (χ0n) is 20.8. The fraction of sp³-hybridized carbons (Fsp3) is 0.321. The van der Waals surface area contributed by atoms with Crippen LogP contribution in [0, 0.1) is 11.3 Å². The highest BCUT2D eigenvalue weighted by Crippen LogP contribution is 2.34. The third-order valence-corrected chi connectivity index (χ3v) is 6.55. The minimum atomic E-state index is -0.750. The molecule has 0 saturated carbocycles. The Bertz CT molecular complexity index is 1320. The van der Waals surface area contributed by atoms with Crippen LogP contribution in [0.15, 0.2) is 63.8 Å². The number of nitriles is 1. The SMILES string of the molecule is COC(=O)C[C@@H](c1ccc(C#N)cc1)c1oc(CN2CCN(c3ccc(OC)cc3)CC2)cc(=O)c1O. The number of hydrogen-bond acceptors (Lipinski definition) is 9. The van der Waals surface area contributed by atoms with Crippen LogP contribution in [0.4, 0.5) is 5.69 Å². The van der Waals surface area contributed by atoms with Crippen molar-refractivity contribution in [2.75, 3.05) is 45.3 Å². The molecular weight excluding hydrogens is 474 g/mol. The number of nitrogens with zero attached hydrogens (tertiary/aromatic N) is 3. The van der Waals surface area contributed by atoms with E-state index in [-0.39, 0.29) is 12.2 Å². The monoisotopic (exact) mass is 503 g/mol. The van der Waals surface area contributed by atoms with Gasteiger partial charge in [0.25, 0.3) is 0 Å². The fourth-order valence-corrected chi connectivity index (χ4v) is 4.45. The predicted molar refractivity (Wildman–Crippen MR) is 137 cm³/mol. The van der Waals surface area contributed by atoms with Crippen molar-refractivity contribution in [2.45, 2.75) is 18.9 Å². The Morgan fingerprint density at radius 2 is 1.76 bits per heavy atom. The van der Waals surface area contributed by atoms with Crippen molar-refractivity contribution < 1.29 is 23.8 Å². The summed E-state index contributed by atoms with van der Waals surface area (Å²) < 4.78 is 16.1. The Labute approximate surface area is 215 Å². The van der Waals surface area contributed by atoms with Crippen LogP contribution in [-0.4, -0.2) is 56.4 Å². The van der Waals surface area contributed by atoms with Crippen molar-refractivity contribution in [1.82, 2.24) is 4.90 Å². The number of hydrogen-bond donors (Lipinski definition) is 1. The van der Waals surface area contributed by atoms with E-state index in [4.69, 9.17) is 19.2 Å². The van der Waals surface area contributed by atoms with Gasteiger partial charge in [-0.2, -0.15) is 5.26 Å². The van der Waals surface area contributed by atoms with Crippen molar-refractivity contribution >= 4 is 11.7 Å². The van der Waals surface area contributed by atoms with Crippen LogP contribution >= 0.6 is 0 Å². The summed E-state index contributed by atoms with van der Waals surface area (Å²) in [6.07, 6.45) is -0.136. The summed E-state index contributed by atoms with van der Waals surface area (Å²) in [7, 11) is 2.92. The van der Waals surface area contributed by atoms with Gasteiger partial charge >= 0.3 is 5.97 Å². The van der Waals surface area contributed by atoms with Gasteiger partial charge in [-0.1, -0.05) is 12.1 Å². The molecule has 9 heteroatoms. The molecule has 4 rings (SSSR count). The number of rotatable bonds is 8. The molecule has 2 heterocycles. The Morgan fingerprint density at radius 1 is 1.08 bits per heavy atom. The van der Waals surface area contributed by atoms with Gasteiger partial charge in [-0.3, -0.25) is 14.5 Å². The molecule has 192 valence electrons. The van der Waals surface area contributed by atoms with E-state index in [1.807, 2.05) is 30.3 Å². The highest BCUT2D eigenvalue weighted by molar-refractivity contribution is 5.71. The van der Waals surface area contributed by atoms with Crippen LogP contribution < -0.4 is 15.1 Å². The molecule has 3 aromatic rings. The third-order valence-electron chi connectivity index (χ3n) is 6.55. The van der Waals surface area contributed by atoms with Gasteiger partial charge in [0.05, 0.1) is 44.7 Å². The lowest BCUT2D eigenvalue weighted by molar-refractivity contribution is -0.140. The lowest BCUT2D eigenvalue weighted by Crippen LogP contribution is -2.46. The first-order chi connectivity index (χ1) is 17.9. The second-order valence-electron chi connectivity index (χ2n) is 8.82. The number of benzene rings is 2. The van der Waals surface area contributed by atoms with Gasteiger partial charge in [-0.15, -0.1) is 0 Å². The van der Waals surface area contributed by atoms with Crippen LogP contribution in [0.1, 0.15) is 35.0 Å². The second-order valence-corrected chi connectivity index (χ2v) is 8.82. The first kappa shape index (κ1) is 25.8. The standard InChI is InChI=1S/C28H29N3O6/c1-35-22-9-7-21(8-10-22)31-13-11-30(12-14-31)18-23-15-25(32)27(34)28(37-23)24(16-26(33)36-2)20-5-3-19(17-29)4-6-20/h3-10,15,24,34H,11-14,16,18H2,1-2H3/t24-/m0/s1. The molecule has 0 bridgehead atoms. The van der Waals surface area contributed by atoms with E-state index in [0.717, 1.165) is 37.6 Å². The fourth-order valence-electron chi connectivity index (χ4n) is 4.45. The van der Waals surface area contributed by atoms with Gasteiger partial charge in [0.2, 0.25) is 11.2 Å². The molecule has 0 amide bonds. The number of piperazine rings is 1. The smallest absolute Gasteiger partial charge is 0.306 e. The summed E-state index contributed by atoms with van der Waals surface area (Å²) in [5, 5.41) is 19.7. The third kappa shape index (κ3) is 6.11. The molecule has 2 aromatic carbocycles. The van der Waals surface area contributed by atoms with Gasteiger partial charge in [0.15, 0.2) is 5.76 Å². The van der Waals surface area contributed by atoms with Crippen LogP contribution in [0.3, 0.4) is 0 Å². The minimum absolute atomic E-state index is 0.00877. The normalized spacial score (nSPS) is 14.6. The number of aromatic hydroxyl groups is 1. The lowest BCUT2D eigenvalue weighted by atomic mass is 9.91. The van der Waals surface area contributed by atoms with E-state index in [1.54, 1.807) is 31.4 Å². The summed E-state index contributed by atoms with van der Waals surface area (Å²) >= 11 is 0. The first-order valence-corrected chi connectivity index (χ1v) is 12.0. The summed E-state index contributed by atoms with van der Waals surface area (Å²) in [4.78, 5) is 29.3. The number of methoxy groups -OCH3 is 2. The van der Waals surface area contributed by atoms with E-state index in [1.165, 1.54) is 13.2 Å². The molecule has 1 fully saturated rings. The minimum Gasteiger partial charge on any atom is -0.502 e. The van der Waals surface area contributed by atoms with E-state index >= 15 is 0 Å². The molecule has 37 heavy (non-hydrogen) atoms. The Kier molecular flexibility index (Phi) is 8.11. The zero-order valence-corrected chi connectivity index (χ0v) is 20.8. The topological polar surface area (TPSA) is 116 Å². The molecule has 0 spiro atoms. The summed E-state index contributed by atoms with van der Waals surface area (Å²) in [6, 6.07) is 17.9. The van der Waals surface area contributed by atoms with Crippen LogP contribution in [0.25, 0.3) is 0 Å². The molecule has 1 aliphatic heterocycles. The Balaban J connectivity index is 1.53. The zero-order chi connectivity index (χ0) is 26.4. The average Bonchev–Trinajstić information content (AvgIpc) is 2.94. The number of carbonyl (C=O) groups excluding carboxylic acids is 1. The average molecular weight is 504 g/mol. The summed E-state index contributed by atoms with van der Waals surface area (Å²) in [6.45, 7) is 3.51. The van der Waals surface area contributed by atoms with E-state index < -0.39 is 23.1 Å². The largest absolute Gasteiger partial charge is 0.502 e. The first-order valence-electron chi connectivity index (χ1n) is 12.0. The molecule has 1 aromatic heterocycles. The molecule has 0 aliphatic carbocycles. The Hall–Kier alpha value is -4.29. The summed E-state index contributed by atoms with van der Waals surface area (Å²) in [5.74, 6) is -0.580. The molecule has 0 radical (unpaired) electrons. The molecule has 1 atom stereocenters.